The van der Waals surface area contributed by atoms with E-state index in [1.54, 1.807) is 60.7 Å². The predicted molar refractivity (Wildman–Crippen MR) is 83.1 cm³/mol. The van der Waals surface area contributed by atoms with Crippen molar-refractivity contribution < 1.29 is 18.1 Å². The highest BCUT2D eigenvalue weighted by molar-refractivity contribution is 7.49. The standard InChI is InChI=1S/C13H10Cl3O4P/c14-13(15,16)20-21(17,18-11-7-3-1-4-8-11)19-12-9-5-2-6-10-12/h1-10H. The fraction of sp³-hybridized carbons (Fsp3) is 0.0769. The van der Waals surface area contributed by atoms with Crippen LogP contribution in [0, 0.1) is 0 Å². The zero-order valence-electron chi connectivity index (χ0n) is 10.5. The minimum Gasteiger partial charge on any atom is -0.395 e. The molecule has 2 aromatic rings. The first kappa shape index (κ1) is 16.5. The molecule has 0 atom stereocenters. The van der Waals surface area contributed by atoms with E-state index in [2.05, 4.69) is 0 Å². The van der Waals surface area contributed by atoms with Crippen LogP contribution in [0.15, 0.2) is 60.7 Å². The zero-order chi connectivity index (χ0) is 15.3. The van der Waals surface area contributed by atoms with Crippen LogP contribution in [0.4, 0.5) is 0 Å². The Morgan fingerprint density at radius 2 is 1.14 bits per heavy atom. The highest BCUT2D eigenvalue weighted by Crippen LogP contribution is 2.55. The Balaban J connectivity index is 2.24. The highest BCUT2D eigenvalue weighted by Gasteiger charge is 2.40. The van der Waals surface area contributed by atoms with Gasteiger partial charge in [0.15, 0.2) is 0 Å². The molecule has 0 saturated heterocycles. The van der Waals surface area contributed by atoms with Crippen LogP contribution < -0.4 is 9.05 Å². The summed E-state index contributed by atoms with van der Waals surface area (Å²) in [6.45, 7) is 0. The smallest absolute Gasteiger partial charge is 0.395 e. The largest absolute Gasteiger partial charge is 0.591 e. The van der Waals surface area contributed by atoms with Crippen LogP contribution in [-0.4, -0.2) is 3.98 Å². The molecule has 21 heavy (non-hydrogen) atoms. The van der Waals surface area contributed by atoms with Crippen molar-refractivity contribution in [2.24, 2.45) is 0 Å². The van der Waals surface area contributed by atoms with Crippen molar-refractivity contribution in [1.29, 1.82) is 0 Å². The van der Waals surface area contributed by atoms with Gasteiger partial charge in [-0.25, -0.2) is 9.09 Å². The van der Waals surface area contributed by atoms with Gasteiger partial charge in [-0.2, -0.15) is 0 Å². The Bertz CT molecular complexity index is 571. The summed E-state index contributed by atoms with van der Waals surface area (Å²) in [6, 6.07) is 16.6. The minimum absolute atomic E-state index is 0.256. The van der Waals surface area contributed by atoms with Gasteiger partial charge in [-0.05, 0) is 24.3 Å². The molecule has 2 rings (SSSR count). The normalized spacial score (nSPS) is 12.0. The van der Waals surface area contributed by atoms with Crippen LogP contribution in [0.3, 0.4) is 0 Å². The molecule has 0 N–H and O–H groups in total. The molecule has 112 valence electrons. The molecule has 0 amide bonds. The third-order valence-electron chi connectivity index (χ3n) is 2.14. The summed E-state index contributed by atoms with van der Waals surface area (Å²) in [7, 11) is -4.18. The second-order valence-corrected chi connectivity index (χ2v) is 7.41. The van der Waals surface area contributed by atoms with E-state index >= 15 is 0 Å². The molecule has 0 radical (unpaired) electrons. The lowest BCUT2D eigenvalue weighted by atomic mass is 10.3. The van der Waals surface area contributed by atoms with E-state index in [1.165, 1.54) is 0 Å². The number of phosphoric ester groups is 1. The number of rotatable bonds is 5. The maximum Gasteiger partial charge on any atom is 0.591 e. The molecule has 0 saturated carbocycles. The molecule has 0 unspecified atom stereocenters. The van der Waals surface area contributed by atoms with Gasteiger partial charge in [0.25, 0.3) is 0 Å². The summed E-state index contributed by atoms with van der Waals surface area (Å²) in [5.74, 6) is 0.511. The summed E-state index contributed by atoms with van der Waals surface area (Å²) in [5, 5.41) is 0. The van der Waals surface area contributed by atoms with E-state index in [1.807, 2.05) is 0 Å². The van der Waals surface area contributed by atoms with Crippen molar-refractivity contribution in [3.8, 4) is 11.5 Å². The zero-order valence-corrected chi connectivity index (χ0v) is 13.6. The van der Waals surface area contributed by atoms with E-state index in [-0.39, 0.29) is 11.5 Å². The number of halogens is 3. The second-order valence-electron chi connectivity index (χ2n) is 3.79. The third kappa shape index (κ3) is 5.77. The van der Waals surface area contributed by atoms with Gasteiger partial charge >= 0.3 is 11.8 Å². The summed E-state index contributed by atoms with van der Waals surface area (Å²) in [5.41, 5.74) is 0. The molecule has 4 nitrogen and oxygen atoms in total. The van der Waals surface area contributed by atoms with E-state index in [9.17, 15) is 4.57 Å². The minimum atomic E-state index is -4.18. The molecule has 0 aliphatic heterocycles. The Hall–Kier alpha value is -0.900. The summed E-state index contributed by atoms with van der Waals surface area (Å²) < 4.78 is 25.7. The average molecular weight is 368 g/mol. The molecule has 0 spiro atoms. The van der Waals surface area contributed by atoms with Gasteiger partial charge in [-0.3, -0.25) is 0 Å². The molecule has 0 heterocycles. The second kappa shape index (κ2) is 6.91. The van der Waals surface area contributed by atoms with Gasteiger partial charge < -0.3 is 9.05 Å². The number of benzene rings is 2. The first-order valence-electron chi connectivity index (χ1n) is 5.73. The van der Waals surface area contributed by atoms with Crippen LogP contribution in [-0.2, 0) is 9.09 Å². The summed E-state index contributed by atoms with van der Waals surface area (Å²) >= 11 is 16.6. The number of alkyl halides is 3. The monoisotopic (exact) mass is 366 g/mol. The number of hydrogen-bond acceptors (Lipinski definition) is 4. The van der Waals surface area contributed by atoms with Gasteiger partial charge in [0, 0.05) is 0 Å². The fourth-order valence-corrected chi connectivity index (χ4v) is 3.29. The van der Waals surface area contributed by atoms with E-state index in [4.69, 9.17) is 48.4 Å². The van der Waals surface area contributed by atoms with Crippen LogP contribution >= 0.6 is 42.6 Å². The molecule has 8 heteroatoms. The lowest BCUT2D eigenvalue weighted by Gasteiger charge is -2.22. The molecular formula is C13H10Cl3O4P. The fourth-order valence-electron chi connectivity index (χ4n) is 1.40. The number of hydrogen-bond donors (Lipinski definition) is 0. The molecule has 0 fully saturated rings. The van der Waals surface area contributed by atoms with Crippen LogP contribution in [0.1, 0.15) is 0 Å². The Morgan fingerprint density at radius 1 is 0.762 bits per heavy atom. The number of phosphoric acid groups is 1. The van der Waals surface area contributed by atoms with Crippen molar-refractivity contribution in [3.05, 3.63) is 60.7 Å². The lowest BCUT2D eigenvalue weighted by molar-refractivity contribution is 0.208. The van der Waals surface area contributed by atoms with Crippen molar-refractivity contribution in [1.82, 2.24) is 0 Å². The van der Waals surface area contributed by atoms with Gasteiger partial charge in [0.05, 0.1) is 0 Å². The van der Waals surface area contributed by atoms with Crippen molar-refractivity contribution in [2.45, 2.75) is 3.98 Å². The lowest BCUT2D eigenvalue weighted by Crippen LogP contribution is -2.13. The molecule has 0 bridgehead atoms. The highest BCUT2D eigenvalue weighted by atomic mass is 35.6. The Labute approximate surface area is 137 Å². The molecule has 2 aromatic carbocycles. The van der Waals surface area contributed by atoms with Crippen molar-refractivity contribution in [2.75, 3.05) is 0 Å². The number of para-hydroxylation sites is 2. The quantitative estimate of drug-likeness (QED) is 0.510. The maximum atomic E-state index is 12.6. The van der Waals surface area contributed by atoms with Gasteiger partial charge in [0.2, 0.25) is 0 Å². The summed E-state index contributed by atoms with van der Waals surface area (Å²) in [4.78, 5) is 0. The molecule has 0 aromatic heterocycles. The first-order valence-corrected chi connectivity index (χ1v) is 8.33. The Kier molecular flexibility index (Phi) is 5.42. The predicted octanol–water partition coefficient (Wildman–Crippen LogP) is 5.60. The molecular weight excluding hydrogens is 357 g/mol. The van der Waals surface area contributed by atoms with Gasteiger partial charge in [-0.15, -0.1) is 0 Å². The topological polar surface area (TPSA) is 44.8 Å². The van der Waals surface area contributed by atoms with E-state index < -0.39 is 11.8 Å². The molecule has 0 aliphatic carbocycles. The van der Waals surface area contributed by atoms with Crippen LogP contribution in [0.25, 0.3) is 0 Å². The Morgan fingerprint density at radius 3 is 1.48 bits per heavy atom. The van der Waals surface area contributed by atoms with E-state index in [0.29, 0.717) is 0 Å². The van der Waals surface area contributed by atoms with Crippen molar-refractivity contribution in [3.63, 3.8) is 0 Å². The third-order valence-corrected chi connectivity index (χ3v) is 4.06. The average Bonchev–Trinajstić information content (AvgIpc) is 2.38. The van der Waals surface area contributed by atoms with Gasteiger partial charge in [-0.1, -0.05) is 71.2 Å². The summed E-state index contributed by atoms with van der Waals surface area (Å²) in [6.07, 6.45) is 0. The van der Waals surface area contributed by atoms with Gasteiger partial charge in [0.1, 0.15) is 11.5 Å². The molecule has 0 aliphatic rings. The maximum absolute atomic E-state index is 12.6. The van der Waals surface area contributed by atoms with Crippen molar-refractivity contribution >= 4 is 42.6 Å². The van der Waals surface area contributed by atoms with Crippen LogP contribution in [0.2, 0.25) is 0 Å². The SMILES string of the molecule is O=P(Oc1ccccc1)(Oc1ccccc1)OC(Cl)(Cl)Cl. The first-order chi connectivity index (χ1) is 9.86. The van der Waals surface area contributed by atoms with Crippen LogP contribution in [0.5, 0.6) is 11.5 Å². The van der Waals surface area contributed by atoms with E-state index in [0.717, 1.165) is 0 Å².